The van der Waals surface area contributed by atoms with E-state index in [4.69, 9.17) is 14.2 Å². The molecule has 1 aliphatic carbocycles. The Bertz CT molecular complexity index is 1170. The fourth-order valence-corrected chi connectivity index (χ4v) is 4.09. The van der Waals surface area contributed by atoms with Crippen molar-refractivity contribution in [2.75, 3.05) is 13.7 Å². The fraction of sp³-hybridized carbons (Fsp3) is 0.320. The molecule has 0 bridgehead atoms. The summed E-state index contributed by atoms with van der Waals surface area (Å²) in [6.45, 7) is 0.330. The van der Waals surface area contributed by atoms with Crippen LogP contribution < -0.4 is 19.5 Å². The predicted octanol–water partition coefficient (Wildman–Crippen LogP) is 3.96. The molecule has 0 radical (unpaired) electrons. The van der Waals surface area contributed by atoms with Gasteiger partial charge in [-0.25, -0.2) is 9.37 Å². The van der Waals surface area contributed by atoms with Gasteiger partial charge in [0.2, 0.25) is 5.88 Å². The molecule has 1 aromatic carbocycles. The summed E-state index contributed by atoms with van der Waals surface area (Å²) < 4.78 is 31.8. The maximum Gasteiger partial charge on any atom is 0.253 e. The second-order valence-electron chi connectivity index (χ2n) is 8.23. The molecule has 0 saturated heterocycles. The van der Waals surface area contributed by atoms with Gasteiger partial charge in [0.1, 0.15) is 18.1 Å². The SMILES string of the molecule is COc1ncc(-c2c(OC3CCC3)ccc3c2C[C@H](NC(=O)c2cccnc2)CO3)cc1F. The Morgan fingerprint density at radius 2 is 2.12 bits per heavy atom. The van der Waals surface area contributed by atoms with Gasteiger partial charge >= 0.3 is 0 Å². The van der Waals surface area contributed by atoms with E-state index < -0.39 is 5.82 Å². The zero-order valence-corrected chi connectivity index (χ0v) is 18.2. The zero-order valence-electron chi connectivity index (χ0n) is 18.2. The third-order valence-corrected chi connectivity index (χ3v) is 6.02. The highest BCUT2D eigenvalue weighted by atomic mass is 19.1. The summed E-state index contributed by atoms with van der Waals surface area (Å²) in [7, 11) is 1.38. The van der Waals surface area contributed by atoms with Crippen molar-refractivity contribution in [1.29, 1.82) is 0 Å². The molecule has 7 nitrogen and oxygen atoms in total. The summed E-state index contributed by atoms with van der Waals surface area (Å²) >= 11 is 0. The molecule has 1 N–H and O–H groups in total. The van der Waals surface area contributed by atoms with Crippen LogP contribution in [0.4, 0.5) is 4.39 Å². The fourth-order valence-electron chi connectivity index (χ4n) is 4.09. The molecule has 1 saturated carbocycles. The molecule has 170 valence electrons. The van der Waals surface area contributed by atoms with Gasteiger partial charge in [0.25, 0.3) is 5.91 Å². The number of nitrogens with one attached hydrogen (secondary N) is 1. The Labute approximate surface area is 190 Å². The number of fused-ring (bicyclic) bond motifs is 1. The molecule has 1 atom stereocenters. The Hall–Kier alpha value is -3.68. The van der Waals surface area contributed by atoms with E-state index in [-0.39, 0.29) is 23.9 Å². The Balaban J connectivity index is 1.49. The first-order valence-electron chi connectivity index (χ1n) is 11.0. The van der Waals surface area contributed by atoms with Crippen molar-refractivity contribution >= 4 is 5.91 Å². The molecule has 3 heterocycles. The van der Waals surface area contributed by atoms with Crippen molar-refractivity contribution < 1.29 is 23.4 Å². The third-order valence-electron chi connectivity index (χ3n) is 6.02. The molecule has 1 amide bonds. The topological polar surface area (TPSA) is 82.6 Å². The zero-order chi connectivity index (χ0) is 22.8. The van der Waals surface area contributed by atoms with Gasteiger partial charge in [0, 0.05) is 41.7 Å². The standard InChI is InChI=1S/C25H24FN3O4/c1-31-25-20(26)10-16(13-28-25)23-19-11-17(29-24(30)15-4-3-9-27-12-15)14-32-21(19)7-8-22(23)33-18-5-2-6-18/h3-4,7-10,12-13,17-18H,2,5-6,11,14H2,1H3,(H,29,30)/t17-/m0/s1. The van der Waals surface area contributed by atoms with E-state index in [2.05, 4.69) is 15.3 Å². The van der Waals surface area contributed by atoms with Crippen LogP contribution in [0.5, 0.6) is 17.4 Å². The lowest BCUT2D eigenvalue weighted by atomic mass is 9.91. The van der Waals surface area contributed by atoms with Crippen LogP contribution in [0.15, 0.2) is 48.9 Å². The number of aromatic nitrogens is 2. The van der Waals surface area contributed by atoms with Crippen molar-refractivity contribution in [2.24, 2.45) is 0 Å². The first-order valence-corrected chi connectivity index (χ1v) is 11.0. The third kappa shape index (κ3) is 4.33. The minimum absolute atomic E-state index is 0.0668. The van der Waals surface area contributed by atoms with Crippen molar-refractivity contribution in [1.82, 2.24) is 15.3 Å². The number of methoxy groups -OCH3 is 1. The molecular weight excluding hydrogens is 425 g/mol. The molecule has 8 heteroatoms. The lowest BCUT2D eigenvalue weighted by Gasteiger charge is -2.31. The van der Waals surface area contributed by atoms with Crippen molar-refractivity contribution in [3.8, 4) is 28.5 Å². The first-order chi connectivity index (χ1) is 16.1. The minimum Gasteiger partial charge on any atom is -0.491 e. The number of rotatable bonds is 6. The molecule has 2 aromatic heterocycles. The Morgan fingerprint density at radius 3 is 2.82 bits per heavy atom. The summed E-state index contributed by atoms with van der Waals surface area (Å²) in [6.07, 6.45) is 8.48. The first kappa shape index (κ1) is 21.2. The average Bonchev–Trinajstić information content (AvgIpc) is 2.81. The molecule has 1 fully saturated rings. The lowest BCUT2D eigenvalue weighted by molar-refractivity contribution is 0.0915. The number of carbonyl (C=O) groups excluding carboxylic acids is 1. The largest absolute Gasteiger partial charge is 0.491 e. The highest BCUT2D eigenvalue weighted by Gasteiger charge is 2.29. The molecule has 3 aromatic rings. The number of nitrogens with zero attached hydrogens (tertiary/aromatic N) is 2. The van der Waals surface area contributed by atoms with Crippen LogP contribution in [0, 0.1) is 5.82 Å². The number of amides is 1. The van der Waals surface area contributed by atoms with Gasteiger partial charge in [0.05, 0.1) is 24.8 Å². The number of ether oxygens (including phenoxy) is 3. The molecular formula is C25H24FN3O4. The molecule has 1 aliphatic heterocycles. The Kier molecular flexibility index (Phi) is 5.81. The van der Waals surface area contributed by atoms with Gasteiger partial charge in [0.15, 0.2) is 5.82 Å². The van der Waals surface area contributed by atoms with Gasteiger partial charge < -0.3 is 19.5 Å². The number of carbonyl (C=O) groups is 1. The van der Waals surface area contributed by atoms with Crippen LogP contribution in [-0.4, -0.2) is 41.7 Å². The van der Waals surface area contributed by atoms with Gasteiger partial charge in [-0.3, -0.25) is 9.78 Å². The lowest BCUT2D eigenvalue weighted by Crippen LogP contribution is -2.43. The van der Waals surface area contributed by atoms with Crippen LogP contribution in [-0.2, 0) is 6.42 Å². The van der Waals surface area contributed by atoms with E-state index in [0.717, 1.165) is 30.4 Å². The predicted molar refractivity (Wildman–Crippen MR) is 119 cm³/mol. The maximum absolute atomic E-state index is 14.6. The summed E-state index contributed by atoms with van der Waals surface area (Å²) in [5, 5.41) is 3.01. The van der Waals surface area contributed by atoms with Crippen LogP contribution >= 0.6 is 0 Å². The number of halogens is 1. The highest BCUT2D eigenvalue weighted by Crippen LogP contribution is 2.43. The van der Waals surface area contributed by atoms with Gasteiger partial charge in [-0.2, -0.15) is 0 Å². The van der Waals surface area contributed by atoms with E-state index in [9.17, 15) is 9.18 Å². The van der Waals surface area contributed by atoms with Crippen molar-refractivity contribution in [2.45, 2.75) is 37.8 Å². The van der Waals surface area contributed by atoms with E-state index >= 15 is 0 Å². The molecule has 5 rings (SSSR count). The minimum atomic E-state index is -0.555. The number of pyridine rings is 2. The van der Waals surface area contributed by atoms with E-state index in [0.29, 0.717) is 35.7 Å². The second kappa shape index (κ2) is 9.05. The maximum atomic E-state index is 14.6. The van der Waals surface area contributed by atoms with E-state index in [1.807, 2.05) is 12.1 Å². The van der Waals surface area contributed by atoms with Crippen LogP contribution in [0.3, 0.4) is 0 Å². The van der Waals surface area contributed by atoms with Gasteiger partial charge in [-0.1, -0.05) is 0 Å². The summed E-state index contributed by atoms with van der Waals surface area (Å²) in [5.41, 5.74) is 2.63. The van der Waals surface area contributed by atoms with E-state index in [1.165, 1.54) is 19.4 Å². The van der Waals surface area contributed by atoms with Crippen molar-refractivity contribution in [3.05, 3.63) is 65.9 Å². The number of hydrogen-bond acceptors (Lipinski definition) is 6. The molecule has 0 unspecified atom stereocenters. The summed E-state index contributed by atoms with van der Waals surface area (Å²) in [6, 6.07) is 8.30. The van der Waals surface area contributed by atoms with Gasteiger partial charge in [-0.05, 0) is 49.6 Å². The summed E-state index contributed by atoms with van der Waals surface area (Å²) in [5.74, 6) is 0.505. The van der Waals surface area contributed by atoms with E-state index in [1.54, 1.807) is 24.5 Å². The van der Waals surface area contributed by atoms with Gasteiger partial charge in [-0.15, -0.1) is 0 Å². The Morgan fingerprint density at radius 1 is 1.24 bits per heavy atom. The molecule has 33 heavy (non-hydrogen) atoms. The smallest absolute Gasteiger partial charge is 0.253 e. The average molecular weight is 449 g/mol. The quantitative estimate of drug-likeness (QED) is 0.614. The number of benzene rings is 1. The second-order valence-corrected chi connectivity index (χ2v) is 8.23. The van der Waals surface area contributed by atoms with Crippen molar-refractivity contribution in [3.63, 3.8) is 0 Å². The highest BCUT2D eigenvalue weighted by molar-refractivity contribution is 5.94. The number of hydrogen-bond donors (Lipinski definition) is 1. The normalized spacial score (nSPS) is 17.3. The van der Waals surface area contributed by atoms with Crippen LogP contribution in [0.1, 0.15) is 35.2 Å². The van der Waals surface area contributed by atoms with Crippen LogP contribution in [0.25, 0.3) is 11.1 Å². The summed E-state index contributed by atoms with van der Waals surface area (Å²) in [4.78, 5) is 20.8. The van der Waals surface area contributed by atoms with Crippen LogP contribution in [0.2, 0.25) is 0 Å². The molecule has 2 aliphatic rings. The monoisotopic (exact) mass is 449 g/mol. The molecule has 0 spiro atoms.